The summed E-state index contributed by atoms with van der Waals surface area (Å²) < 4.78 is 2.11. The number of halogens is 1. The monoisotopic (exact) mass is 370 g/mol. The molecule has 25 heavy (non-hydrogen) atoms. The van der Waals surface area contributed by atoms with E-state index in [-0.39, 0.29) is 0 Å². The molecule has 2 heterocycles. The smallest absolute Gasteiger partial charge is 0.196 e. The van der Waals surface area contributed by atoms with Gasteiger partial charge < -0.3 is 0 Å². The molecule has 0 bridgehead atoms. The molecular formula is C19H19ClN4S. The molecule has 0 saturated heterocycles. The van der Waals surface area contributed by atoms with Gasteiger partial charge >= 0.3 is 0 Å². The summed E-state index contributed by atoms with van der Waals surface area (Å²) in [6.07, 6.45) is 5.46. The van der Waals surface area contributed by atoms with Gasteiger partial charge in [-0.05, 0) is 29.7 Å². The molecule has 0 radical (unpaired) electrons. The predicted octanol–water partition coefficient (Wildman–Crippen LogP) is 5.30. The minimum atomic E-state index is 0.390. The average Bonchev–Trinajstić information content (AvgIpc) is 3.06. The molecular weight excluding hydrogens is 352 g/mol. The van der Waals surface area contributed by atoms with Crippen LogP contribution in [0.1, 0.15) is 25.3 Å². The number of hydrogen-bond acceptors (Lipinski definition) is 4. The van der Waals surface area contributed by atoms with Gasteiger partial charge in [0, 0.05) is 29.2 Å². The fourth-order valence-corrected chi connectivity index (χ4v) is 3.55. The summed E-state index contributed by atoms with van der Waals surface area (Å²) in [6, 6.07) is 12.3. The van der Waals surface area contributed by atoms with Crippen molar-refractivity contribution in [1.82, 2.24) is 19.7 Å². The van der Waals surface area contributed by atoms with Gasteiger partial charge in [0.15, 0.2) is 11.0 Å². The normalized spacial score (nSPS) is 11.5. The van der Waals surface area contributed by atoms with Gasteiger partial charge in [-0.1, -0.05) is 61.5 Å². The van der Waals surface area contributed by atoms with Crippen LogP contribution in [-0.2, 0) is 0 Å². The first-order chi connectivity index (χ1) is 12.2. The van der Waals surface area contributed by atoms with Crippen LogP contribution in [0.4, 0.5) is 0 Å². The Balaban J connectivity index is 2.17. The molecule has 0 saturated carbocycles. The van der Waals surface area contributed by atoms with Gasteiger partial charge in [-0.2, -0.15) is 0 Å². The molecule has 0 aliphatic rings. The van der Waals surface area contributed by atoms with Crippen LogP contribution in [0.5, 0.6) is 0 Å². The van der Waals surface area contributed by atoms with Gasteiger partial charge in [-0.25, -0.2) is 0 Å². The average molecular weight is 371 g/mol. The van der Waals surface area contributed by atoms with Gasteiger partial charge in [-0.3, -0.25) is 9.55 Å². The highest BCUT2D eigenvalue weighted by Gasteiger charge is 2.19. The number of aromatic nitrogens is 4. The summed E-state index contributed by atoms with van der Waals surface area (Å²) in [7, 11) is 0. The minimum Gasteiger partial charge on any atom is -0.270 e. The number of rotatable bonds is 6. The third kappa shape index (κ3) is 3.94. The molecule has 0 spiro atoms. The van der Waals surface area contributed by atoms with Crippen LogP contribution in [0.15, 0.2) is 65.6 Å². The van der Waals surface area contributed by atoms with E-state index in [1.807, 2.05) is 30.5 Å². The fraction of sp³-hybridized carbons (Fsp3) is 0.211. The lowest BCUT2D eigenvalue weighted by atomic mass is 10.0. The molecule has 128 valence electrons. The summed E-state index contributed by atoms with van der Waals surface area (Å²) in [5, 5.41) is 9.68. The maximum Gasteiger partial charge on any atom is 0.196 e. The number of pyridine rings is 1. The van der Waals surface area contributed by atoms with Crippen molar-refractivity contribution < 1.29 is 0 Å². The highest BCUT2D eigenvalue weighted by atomic mass is 35.5. The van der Waals surface area contributed by atoms with Gasteiger partial charge in [0.25, 0.3) is 0 Å². The van der Waals surface area contributed by atoms with E-state index in [1.54, 1.807) is 18.0 Å². The first-order valence-electron chi connectivity index (χ1n) is 8.05. The molecule has 4 nitrogen and oxygen atoms in total. The molecule has 1 aromatic carbocycles. The zero-order valence-electron chi connectivity index (χ0n) is 14.1. The van der Waals surface area contributed by atoms with E-state index in [0.29, 0.717) is 5.92 Å². The first kappa shape index (κ1) is 17.7. The molecule has 3 aromatic rings. The largest absolute Gasteiger partial charge is 0.270 e. The number of nitrogens with zero attached hydrogens (tertiary/aromatic N) is 4. The number of thioether (sulfide) groups is 1. The second-order valence-electron chi connectivity index (χ2n) is 5.77. The van der Waals surface area contributed by atoms with Crippen molar-refractivity contribution in [1.29, 1.82) is 0 Å². The third-order valence-electron chi connectivity index (χ3n) is 3.75. The molecule has 0 atom stereocenters. The quantitative estimate of drug-likeness (QED) is 0.552. The van der Waals surface area contributed by atoms with Crippen molar-refractivity contribution in [2.24, 2.45) is 0 Å². The van der Waals surface area contributed by atoms with Crippen LogP contribution < -0.4 is 0 Å². The third-order valence-corrected chi connectivity index (χ3v) is 4.81. The summed E-state index contributed by atoms with van der Waals surface area (Å²) in [4.78, 5) is 4.22. The van der Waals surface area contributed by atoms with Crippen molar-refractivity contribution in [2.75, 3.05) is 5.75 Å². The second-order valence-corrected chi connectivity index (χ2v) is 7.01. The van der Waals surface area contributed by atoms with Crippen LogP contribution >= 0.6 is 23.4 Å². The lowest BCUT2D eigenvalue weighted by Gasteiger charge is -2.16. The van der Waals surface area contributed by atoms with Crippen molar-refractivity contribution in [3.63, 3.8) is 0 Å². The van der Waals surface area contributed by atoms with E-state index in [4.69, 9.17) is 11.6 Å². The highest BCUT2D eigenvalue weighted by Crippen LogP contribution is 2.31. The van der Waals surface area contributed by atoms with Crippen molar-refractivity contribution in [3.8, 4) is 17.1 Å². The molecule has 0 aliphatic heterocycles. The molecule has 0 fully saturated rings. The summed E-state index contributed by atoms with van der Waals surface area (Å²) in [5.74, 6) is 1.91. The minimum absolute atomic E-state index is 0.390. The molecule has 0 aliphatic carbocycles. The molecule has 2 aromatic heterocycles. The Morgan fingerprint density at radius 3 is 2.72 bits per heavy atom. The summed E-state index contributed by atoms with van der Waals surface area (Å²) in [6.45, 7) is 4.38. The number of para-hydroxylation sites is 1. The Kier molecular flexibility index (Phi) is 5.89. The predicted molar refractivity (Wildman–Crippen MR) is 104 cm³/mol. The molecule has 0 amide bonds. The SMILES string of the molecule is CC(C)c1ccccc1-n1c(SC/C=C/Cl)nnc1-c1cccnc1. The second kappa shape index (κ2) is 8.32. The van der Waals surface area contributed by atoms with E-state index in [0.717, 1.165) is 28.0 Å². The Bertz CT molecular complexity index is 859. The fourth-order valence-electron chi connectivity index (χ4n) is 2.60. The van der Waals surface area contributed by atoms with Crippen LogP contribution in [0.25, 0.3) is 17.1 Å². The highest BCUT2D eigenvalue weighted by molar-refractivity contribution is 7.99. The van der Waals surface area contributed by atoms with Crippen LogP contribution in [0.2, 0.25) is 0 Å². The topological polar surface area (TPSA) is 43.6 Å². The maximum absolute atomic E-state index is 5.65. The Morgan fingerprint density at radius 1 is 1.16 bits per heavy atom. The van der Waals surface area contributed by atoms with E-state index in [1.165, 1.54) is 11.1 Å². The Labute approximate surface area is 157 Å². The molecule has 3 rings (SSSR count). The van der Waals surface area contributed by atoms with E-state index in [2.05, 4.69) is 51.8 Å². The van der Waals surface area contributed by atoms with Gasteiger partial charge in [0.1, 0.15) is 0 Å². The summed E-state index contributed by atoms with van der Waals surface area (Å²) >= 11 is 7.25. The van der Waals surface area contributed by atoms with E-state index in [9.17, 15) is 0 Å². The number of hydrogen-bond donors (Lipinski definition) is 0. The van der Waals surface area contributed by atoms with Gasteiger partial charge in [-0.15, -0.1) is 10.2 Å². The lowest BCUT2D eigenvalue weighted by molar-refractivity contribution is 0.819. The molecule has 0 N–H and O–H groups in total. The van der Waals surface area contributed by atoms with E-state index < -0.39 is 0 Å². The van der Waals surface area contributed by atoms with Crippen LogP contribution in [0.3, 0.4) is 0 Å². The van der Waals surface area contributed by atoms with Gasteiger partial charge in [0.05, 0.1) is 5.69 Å². The maximum atomic E-state index is 5.65. The van der Waals surface area contributed by atoms with Crippen molar-refractivity contribution in [3.05, 3.63) is 66.0 Å². The van der Waals surface area contributed by atoms with Gasteiger partial charge in [0.2, 0.25) is 0 Å². The van der Waals surface area contributed by atoms with Crippen LogP contribution in [0, 0.1) is 0 Å². The number of benzene rings is 1. The Morgan fingerprint density at radius 2 is 2.00 bits per heavy atom. The Hall–Kier alpha value is -2.11. The lowest BCUT2D eigenvalue weighted by Crippen LogP contribution is -2.05. The zero-order chi connectivity index (χ0) is 17.6. The molecule has 0 unspecified atom stereocenters. The van der Waals surface area contributed by atoms with Crippen molar-refractivity contribution in [2.45, 2.75) is 24.9 Å². The van der Waals surface area contributed by atoms with E-state index >= 15 is 0 Å². The van der Waals surface area contributed by atoms with Crippen molar-refractivity contribution >= 4 is 23.4 Å². The molecule has 6 heteroatoms. The zero-order valence-corrected chi connectivity index (χ0v) is 15.7. The first-order valence-corrected chi connectivity index (χ1v) is 9.47. The standard InChI is InChI=1S/C19H19ClN4S/c1-14(2)16-8-3-4-9-17(16)24-18(15-7-5-11-21-13-15)22-23-19(24)25-12-6-10-20/h3-11,13-14H,12H2,1-2H3/b10-6+. The summed E-state index contributed by atoms with van der Waals surface area (Å²) in [5.41, 5.74) is 4.81. The van der Waals surface area contributed by atoms with Crippen LogP contribution in [-0.4, -0.2) is 25.5 Å².